The molecule has 1 saturated heterocycles. The van der Waals surface area contributed by atoms with Crippen molar-refractivity contribution in [3.05, 3.63) is 65.7 Å². The SMILES string of the molecule is C/C(=C\SC(C)C)c1nccc2[nH]c(-c3[nH]nc4ncc(-c5cncc(CN6CCCC6)c5)cc34)cc12. The Labute approximate surface area is 220 Å². The number of H-pyrrole nitrogens is 2. The second kappa shape index (κ2) is 10.1. The van der Waals surface area contributed by atoms with Crippen molar-refractivity contribution in [3.8, 4) is 22.5 Å². The smallest absolute Gasteiger partial charge is 0.181 e. The molecule has 0 aromatic carbocycles. The maximum atomic E-state index is 4.69. The fourth-order valence-corrected chi connectivity index (χ4v) is 5.58. The molecule has 0 unspecified atom stereocenters. The molecule has 5 aromatic rings. The molecule has 0 aliphatic carbocycles. The highest BCUT2D eigenvalue weighted by Crippen LogP contribution is 2.33. The lowest BCUT2D eigenvalue weighted by Crippen LogP contribution is -2.18. The topological polar surface area (TPSA) is 86.4 Å². The lowest BCUT2D eigenvalue weighted by molar-refractivity contribution is 0.331. The van der Waals surface area contributed by atoms with Gasteiger partial charge in [0.25, 0.3) is 0 Å². The summed E-state index contributed by atoms with van der Waals surface area (Å²) < 4.78 is 0. The van der Waals surface area contributed by atoms with Crippen molar-refractivity contribution in [3.63, 3.8) is 0 Å². The van der Waals surface area contributed by atoms with Crippen LogP contribution in [0, 0.1) is 0 Å². The van der Waals surface area contributed by atoms with E-state index in [1.165, 1.54) is 31.5 Å². The Kier molecular flexibility index (Phi) is 6.52. The van der Waals surface area contributed by atoms with Crippen LogP contribution in [-0.2, 0) is 6.54 Å². The van der Waals surface area contributed by atoms with Crippen molar-refractivity contribution in [2.45, 2.75) is 45.4 Å². The molecule has 188 valence electrons. The number of nitrogens with one attached hydrogen (secondary N) is 2. The Morgan fingerprint density at radius 2 is 1.89 bits per heavy atom. The largest absolute Gasteiger partial charge is 0.353 e. The summed E-state index contributed by atoms with van der Waals surface area (Å²) in [5.74, 6) is 0. The number of pyridine rings is 3. The van der Waals surface area contributed by atoms with Crippen molar-refractivity contribution in [1.29, 1.82) is 0 Å². The molecule has 7 nitrogen and oxygen atoms in total. The molecule has 37 heavy (non-hydrogen) atoms. The third-order valence-corrected chi connectivity index (χ3v) is 7.88. The van der Waals surface area contributed by atoms with Gasteiger partial charge >= 0.3 is 0 Å². The van der Waals surface area contributed by atoms with Crippen molar-refractivity contribution in [1.82, 2.24) is 35.0 Å². The van der Waals surface area contributed by atoms with Gasteiger partial charge in [0.05, 0.1) is 17.1 Å². The fraction of sp³-hybridized carbons (Fsp3) is 0.310. The van der Waals surface area contributed by atoms with E-state index in [2.05, 4.69) is 74.4 Å². The zero-order valence-electron chi connectivity index (χ0n) is 21.5. The van der Waals surface area contributed by atoms with Crippen LogP contribution in [0.4, 0.5) is 0 Å². The predicted octanol–water partition coefficient (Wildman–Crippen LogP) is 6.66. The van der Waals surface area contributed by atoms with Gasteiger partial charge in [0.1, 0.15) is 0 Å². The van der Waals surface area contributed by atoms with Crippen molar-refractivity contribution in [2.75, 3.05) is 13.1 Å². The van der Waals surface area contributed by atoms with Crippen LogP contribution >= 0.6 is 11.8 Å². The van der Waals surface area contributed by atoms with Crippen molar-refractivity contribution >= 4 is 39.3 Å². The average Bonchev–Trinajstić information content (AvgIpc) is 3.66. The Morgan fingerprint density at radius 1 is 1.05 bits per heavy atom. The minimum absolute atomic E-state index is 0.533. The summed E-state index contributed by atoms with van der Waals surface area (Å²) in [7, 11) is 0. The summed E-state index contributed by atoms with van der Waals surface area (Å²) in [5, 5.41) is 12.5. The molecule has 0 atom stereocenters. The van der Waals surface area contributed by atoms with Crippen LogP contribution in [0.3, 0.4) is 0 Å². The molecule has 6 heterocycles. The van der Waals surface area contributed by atoms with E-state index in [4.69, 9.17) is 4.98 Å². The third-order valence-electron chi connectivity index (χ3n) is 6.85. The highest BCUT2D eigenvalue weighted by atomic mass is 32.2. The molecule has 0 radical (unpaired) electrons. The summed E-state index contributed by atoms with van der Waals surface area (Å²) in [6, 6.07) is 8.57. The molecular weight excluding hydrogens is 478 g/mol. The van der Waals surface area contributed by atoms with Gasteiger partial charge < -0.3 is 4.98 Å². The Hall–Kier alpha value is -3.49. The highest BCUT2D eigenvalue weighted by molar-refractivity contribution is 8.02. The molecule has 1 aliphatic heterocycles. The van der Waals surface area contributed by atoms with Gasteiger partial charge in [-0.05, 0) is 73.7 Å². The quantitative estimate of drug-likeness (QED) is 0.255. The molecule has 6 rings (SSSR count). The number of thioether (sulfide) groups is 1. The number of aromatic nitrogens is 6. The van der Waals surface area contributed by atoms with Crippen molar-refractivity contribution in [2.24, 2.45) is 0 Å². The summed E-state index contributed by atoms with van der Waals surface area (Å²) >= 11 is 1.81. The first-order chi connectivity index (χ1) is 18.0. The van der Waals surface area contributed by atoms with Crippen LogP contribution in [0.2, 0.25) is 0 Å². The number of likely N-dealkylation sites (tertiary alicyclic amines) is 1. The van der Waals surface area contributed by atoms with E-state index in [1.54, 1.807) is 0 Å². The zero-order chi connectivity index (χ0) is 25.4. The number of nitrogens with zero attached hydrogens (tertiary/aromatic N) is 5. The van der Waals surface area contributed by atoms with Crippen LogP contribution < -0.4 is 0 Å². The molecule has 5 aromatic heterocycles. The predicted molar refractivity (Wildman–Crippen MR) is 153 cm³/mol. The number of allylic oxidation sites excluding steroid dienone is 1. The highest BCUT2D eigenvalue weighted by Gasteiger charge is 2.16. The maximum absolute atomic E-state index is 4.69. The summed E-state index contributed by atoms with van der Waals surface area (Å²) in [6.45, 7) is 9.80. The van der Waals surface area contributed by atoms with Gasteiger partial charge in [0.2, 0.25) is 0 Å². The van der Waals surface area contributed by atoms with Crippen molar-refractivity contribution < 1.29 is 0 Å². The third kappa shape index (κ3) is 4.91. The van der Waals surface area contributed by atoms with Crippen LogP contribution in [0.5, 0.6) is 0 Å². The molecule has 1 aliphatic rings. The van der Waals surface area contributed by atoms with E-state index in [1.807, 2.05) is 42.6 Å². The molecule has 0 bridgehead atoms. The second-order valence-electron chi connectivity index (χ2n) is 10.0. The normalized spacial score (nSPS) is 15.0. The lowest BCUT2D eigenvalue weighted by Gasteiger charge is -2.14. The van der Waals surface area contributed by atoms with Gasteiger partial charge in [0.15, 0.2) is 5.65 Å². The van der Waals surface area contributed by atoms with Crippen LogP contribution in [0.1, 0.15) is 44.9 Å². The first kappa shape index (κ1) is 23.9. The second-order valence-corrected chi connectivity index (χ2v) is 11.5. The first-order valence-electron chi connectivity index (χ1n) is 12.9. The van der Waals surface area contributed by atoms with Crippen LogP contribution in [-0.4, -0.2) is 53.4 Å². The number of aromatic amines is 2. The van der Waals surface area contributed by atoms with E-state index in [-0.39, 0.29) is 0 Å². The van der Waals surface area contributed by atoms with Gasteiger partial charge in [0, 0.05) is 64.0 Å². The molecule has 0 amide bonds. The summed E-state index contributed by atoms with van der Waals surface area (Å²) in [5.41, 5.74) is 9.14. The number of hydrogen-bond acceptors (Lipinski definition) is 6. The molecule has 0 spiro atoms. The number of rotatable bonds is 7. The summed E-state index contributed by atoms with van der Waals surface area (Å²) in [4.78, 5) is 19.9. The van der Waals surface area contributed by atoms with E-state index in [0.29, 0.717) is 10.9 Å². The fourth-order valence-electron chi connectivity index (χ4n) is 4.99. The van der Waals surface area contributed by atoms with E-state index in [0.717, 1.165) is 56.6 Å². The van der Waals surface area contributed by atoms with Crippen LogP contribution in [0.15, 0.2) is 54.5 Å². The molecule has 8 heteroatoms. The lowest BCUT2D eigenvalue weighted by atomic mass is 10.1. The Morgan fingerprint density at radius 3 is 2.73 bits per heavy atom. The Bertz CT molecular complexity index is 1590. The van der Waals surface area contributed by atoms with Gasteiger partial charge in [-0.2, -0.15) is 5.10 Å². The van der Waals surface area contributed by atoms with Gasteiger partial charge in [-0.15, -0.1) is 11.8 Å². The minimum atomic E-state index is 0.533. The average molecular weight is 510 g/mol. The van der Waals surface area contributed by atoms with Gasteiger partial charge in [-0.1, -0.05) is 13.8 Å². The summed E-state index contributed by atoms with van der Waals surface area (Å²) in [6.07, 6.45) is 10.2. The van der Waals surface area contributed by atoms with E-state index < -0.39 is 0 Å². The molecule has 0 saturated carbocycles. The maximum Gasteiger partial charge on any atom is 0.181 e. The minimum Gasteiger partial charge on any atom is -0.353 e. The van der Waals surface area contributed by atoms with E-state index in [9.17, 15) is 0 Å². The molecule has 1 fully saturated rings. The Balaban J connectivity index is 1.36. The van der Waals surface area contributed by atoms with Gasteiger partial charge in [-0.25, -0.2) is 4.98 Å². The monoisotopic (exact) mass is 509 g/mol. The van der Waals surface area contributed by atoms with Gasteiger partial charge in [-0.3, -0.25) is 20.0 Å². The van der Waals surface area contributed by atoms with Crippen LogP contribution in [0.25, 0.3) is 50.0 Å². The molecule has 2 N–H and O–H groups in total. The van der Waals surface area contributed by atoms with E-state index >= 15 is 0 Å². The number of fused-ring (bicyclic) bond motifs is 2. The first-order valence-corrected chi connectivity index (χ1v) is 13.8. The molecular formula is C29H31N7S. The number of hydrogen-bond donors (Lipinski definition) is 2. The zero-order valence-corrected chi connectivity index (χ0v) is 22.3. The standard InChI is InChI=1S/C29H31N7S/c1-18(2)37-17-19(3)27-23-12-26(33-25(23)6-7-31-27)28-24-11-22(15-32-29(24)35-34-28)21-10-20(13-30-14-21)16-36-8-4-5-9-36/h6-7,10-15,17-18,33H,4-5,8-9,16H2,1-3H3,(H,32,34,35)/b19-17+.